The van der Waals surface area contributed by atoms with Gasteiger partial charge in [0.1, 0.15) is 5.78 Å². The maximum absolute atomic E-state index is 12.2. The highest BCUT2D eigenvalue weighted by Gasteiger charge is 2.33. The largest absolute Gasteiger partial charge is 0.450 e. The molecule has 1 aromatic carbocycles. The Bertz CT molecular complexity index is 518. The van der Waals surface area contributed by atoms with Crippen LogP contribution in [0.4, 0.5) is 4.79 Å². The molecule has 1 aromatic rings. The predicted molar refractivity (Wildman–Crippen MR) is 81.3 cm³/mol. The maximum Gasteiger partial charge on any atom is 0.407 e. The second-order valence-electron chi connectivity index (χ2n) is 5.18. The molecule has 0 saturated heterocycles. The lowest BCUT2D eigenvalue weighted by molar-refractivity contribution is -0.125. The zero-order valence-electron chi connectivity index (χ0n) is 12.1. The quantitative estimate of drug-likeness (QED) is 0.918. The molecule has 0 bridgehead atoms. The number of amides is 1. The second kappa shape index (κ2) is 7.46. The first kappa shape index (κ1) is 15.8. The molecule has 2 rings (SSSR count). The highest BCUT2D eigenvalue weighted by atomic mass is 35.5. The first-order valence-electron chi connectivity index (χ1n) is 7.34. The van der Waals surface area contributed by atoms with Crippen molar-refractivity contribution in [3.05, 3.63) is 34.9 Å². The highest BCUT2D eigenvalue weighted by Crippen LogP contribution is 2.35. The van der Waals surface area contributed by atoms with E-state index in [4.69, 9.17) is 16.3 Å². The number of ketones is 1. The summed E-state index contributed by atoms with van der Waals surface area (Å²) in [4.78, 5) is 24.0. The standard InChI is InChI=1S/C16H20ClNO3/c1-2-21-16(20)18-15(11-7-3-5-9-13(11)17)12-8-4-6-10-14(12)19/h3,5,7,9,12,15H,2,4,6,8,10H2,1H3,(H,18,20)/t12-,15-/m0/s1. The van der Waals surface area contributed by atoms with Gasteiger partial charge in [0.15, 0.2) is 0 Å². The second-order valence-corrected chi connectivity index (χ2v) is 5.59. The lowest BCUT2D eigenvalue weighted by atomic mass is 9.80. The molecule has 0 aliphatic heterocycles. The van der Waals surface area contributed by atoms with E-state index in [-0.39, 0.29) is 11.7 Å². The van der Waals surface area contributed by atoms with Crippen molar-refractivity contribution in [1.82, 2.24) is 5.32 Å². The molecule has 1 saturated carbocycles. The minimum Gasteiger partial charge on any atom is -0.450 e. The molecule has 0 spiro atoms. The molecule has 1 aliphatic carbocycles. The van der Waals surface area contributed by atoms with Crippen LogP contribution in [0.15, 0.2) is 24.3 Å². The van der Waals surface area contributed by atoms with Crippen LogP contribution in [0.2, 0.25) is 5.02 Å². The Morgan fingerprint density at radius 3 is 2.86 bits per heavy atom. The molecule has 2 atom stereocenters. The molecule has 4 nitrogen and oxygen atoms in total. The van der Waals surface area contributed by atoms with Crippen LogP contribution in [0, 0.1) is 5.92 Å². The zero-order valence-corrected chi connectivity index (χ0v) is 12.9. The number of hydrogen-bond acceptors (Lipinski definition) is 3. The van der Waals surface area contributed by atoms with Gasteiger partial charge in [-0.3, -0.25) is 4.79 Å². The summed E-state index contributed by atoms with van der Waals surface area (Å²) in [5.41, 5.74) is 0.771. The number of alkyl carbamates (subject to hydrolysis) is 1. The van der Waals surface area contributed by atoms with Gasteiger partial charge in [-0.25, -0.2) is 4.79 Å². The number of nitrogens with one attached hydrogen (secondary N) is 1. The average Bonchev–Trinajstić information content (AvgIpc) is 2.47. The summed E-state index contributed by atoms with van der Waals surface area (Å²) in [6, 6.07) is 6.88. The third kappa shape index (κ3) is 3.97. The van der Waals surface area contributed by atoms with Gasteiger partial charge in [-0.2, -0.15) is 0 Å². The number of halogens is 1. The van der Waals surface area contributed by atoms with Crippen molar-refractivity contribution in [2.75, 3.05) is 6.61 Å². The Morgan fingerprint density at radius 1 is 1.43 bits per heavy atom. The summed E-state index contributed by atoms with van der Waals surface area (Å²) in [6.07, 6.45) is 2.73. The van der Waals surface area contributed by atoms with Gasteiger partial charge in [0, 0.05) is 17.4 Å². The molecule has 0 aromatic heterocycles. The van der Waals surface area contributed by atoms with Gasteiger partial charge in [-0.1, -0.05) is 36.2 Å². The molecule has 1 fully saturated rings. The van der Waals surface area contributed by atoms with E-state index in [2.05, 4.69) is 5.32 Å². The van der Waals surface area contributed by atoms with Crippen LogP contribution < -0.4 is 5.32 Å². The van der Waals surface area contributed by atoms with E-state index in [9.17, 15) is 9.59 Å². The topological polar surface area (TPSA) is 55.4 Å². The van der Waals surface area contributed by atoms with E-state index in [1.54, 1.807) is 13.0 Å². The molecular weight excluding hydrogens is 290 g/mol. The fourth-order valence-electron chi connectivity index (χ4n) is 2.78. The smallest absolute Gasteiger partial charge is 0.407 e. The third-order valence-electron chi connectivity index (χ3n) is 3.79. The number of rotatable bonds is 4. The molecule has 1 amide bonds. The molecule has 0 unspecified atom stereocenters. The minimum absolute atomic E-state index is 0.183. The van der Waals surface area contributed by atoms with E-state index in [0.717, 1.165) is 24.8 Å². The number of carbonyl (C=O) groups excluding carboxylic acids is 2. The fraction of sp³-hybridized carbons (Fsp3) is 0.500. The van der Waals surface area contributed by atoms with Crippen molar-refractivity contribution < 1.29 is 14.3 Å². The highest BCUT2D eigenvalue weighted by molar-refractivity contribution is 6.31. The fourth-order valence-corrected chi connectivity index (χ4v) is 3.04. The van der Waals surface area contributed by atoms with E-state index in [1.807, 2.05) is 18.2 Å². The predicted octanol–water partition coefficient (Wildman–Crippen LogP) is 3.89. The summed E-state index contributed by atoms with van der Waals surface area (Å²) < 4.78 is 4.96. The molecular formula is C16H20ClNO3. The summed E-state index contributed by atoms with van der Waals surface area (Å²) in [5, 5.41) is 3.36. The van der Waals surface area contributed by atoms with Crippen molar-refractivity contribution >= 4 is 23.5 Å². The normalized spacial score (nSPS) is 19.9. The van der Waals surface area contributed by atoms with Crippen LogP contribution in [0.5, 0.6) is 0 Å². The summed E-state index contributed by atoms with van der Waals surface area (Å²) in [6.45, 7) is 2.04. The van der Waals surface area contributed by atoms with E-state index in [0.29, 0.717) is 18.1 Å². The van der Waals surface area contributed by atoms with Crippen molar-refractivity contribution in [2.24, 2.45) is 5.92 Å². The van der Waals surface area contributed by atoms with Crippen molar-refractivity contribution in [2.45, 2.75) is 38.6 Å². The van der Waals surface area contributed by atoms with Crippen LogP contribution in [-0.4, -0.2) is 18.5 Å². The van der Waals surface area contributed by atoms with Crippen LogP contribution in [0.25, 0.3) is 0 Å². The van der Waals surface area contributed by atoms with Crippen LogP contribution in [0.3, 0.4) is 0 Å². The number of hydrogen-bond donors (Lipinski definition) is 1. The van der Waals surface area contributed by atoms with Crippen LogP contribution in [-0.2, 0) is 9.53 Å². The number of ether oxygens (including phenoxy) is 1. The molecule has 1 N–H and O–H groups in total. The molecule has 0 radical (unpaired) electrons. The average molecular weight is 310 g/mol. The molecule has 21 heavy (non-hydrogen) atoms. The van der Waals surface area contributed by atoms with Gasteiger partial charge in [0.2, 0.25) is 0 Å². The third-order valence-corrected chi connectivity index (χ3v) is 4.14. The SMILES string of the molecule is CCOC(=O)N[C@@H](c1ccccc1Cl)[C@H]1CCCCC1=O. The zero-order chi connectivity index (χ0) is 15.2. The Labute approximate surface area is 129 Å². The minimum atomic E-state index is -0.513. The first-order valence-corrected chi connectivity index (χ1v) is 7.71. The van der Waals surface area contributed by atoms with Crippen LogP contribution >= 0.6 is 11.6 Å². The summed E-state index contributed by atoms with van der Waals surface area (Å²) >= 11 is 6.24. The number of carbonyl (C=O) groups is 2. The first-order chi connectivity index (χ1) is 10.1. The van der Waals surface area contributed by atoms with Crippen LogP contribution in [0.1, 0.15) is 44.2 Å². The van der Waals surface area contributed by atoms with Crippen molar-refractivity contribution in [3.63, 3.8) is 0 Å². The number of benzene rings is 1. The van der Waals surface area contributed by atoms with Crippen molar-refractivity contribution in [1.29, 1.82) is 0 Å². The Morgan fingerprint density at radius 2 is 2.19 bits per heavy atom. The van der Waals surface area contributed by atoms with Gasteiger partial charge < -0.3 is 10.1 Å². The monoisotopic (exact) mass is 309 g/mol. The van der Waals surface area contributed by atoms with E-state index in [1.165, 1.54) is 0 Å². The molecule has 5 heteroatoms. The van der Waals surface area contributed by atoms with Gasteiger partial charge in [0.25, 0.3) is 0 Å². The van der Waals surface area contributed by atoms with Gasteiger partial charge in [0.05, 0.1) is 12.6 Å². The summed E-state index contributed by atoms with van der Waals surface area (Å²) in [7, 11) is 0. The van der Waals surface area contributed by atoms with E-state index >= 15 is 0 Å². The molecule has 1 aliphatic rings. The Hall–Kier alpha value is -1.55. The summed E-state index contributed by atoms with van der Waals surface area (Å²) in [5.74, 6) is -0.0500. The van der Waals surface area contributed by atoms with Crippen molar-refractivity contribution in [3.8, 4) is 0 Å². The van der Waals surface area contributed by atoms with E-state index < -0.39 is 12.1 Å². The molecule has 0 heterocycles. The lowest BCUT2D eigenvalue weighted by Crippen LogP contribution is -2.38. The molecule has 114 valence electrons. The number of Topliss-reactive ketones (excluding diaryl/α,β-unsaturated/α-hetero) is 1. The lowest BCUT2D eigenvalue weighted by Gasteiger charge is -2.30. The maximum atomic E-state index is 12.2. The van der Waals surface area contributed by atoms with Gasteiger partial charge >= 0.3 is 6.09 Å². The van der Waals surface area contributed by atoms with Gasteiger partial charge in [-0.05, 0) is 31.4 Å². The Kier molecular flexibility index (Phi) is 5.62. The van der Waals surface area contributed by atoms with Gasteiger partial charge in [-0.15, -0.1) is 0 Å². The Balaban J connectivity index is 2.27.